The number of aromatic nitrogens is 4. The Bertz CT molecular complexity index is 882. The number of benzene rings is 1. The largest absolute Gasteiger partial charge is 0.379 e. The molecule has 3 N–H and O–H groups in total. The van der Waals surface area contributed by atoms with E-state index in [0.29, 0.717) is 22.7 Å². The molecule has 1 aliphatic carbocycles. The number of H-pyrrole nitrogens is 1. The third-order valence-corrected chi connectivity index (χ3v) is 3.98. The van der Waals surface area contributed by atoms with Gasteiger partial charge in [0.2, 0.25) is 5.95 Å². The van der Waals surface area contributed by atoms with Gasteiger partial charge >= 0.3 is 6.68 Å². The van der Waals surface area contributed by atoms with E-state index in [2.05, 4.69) is 30.8 Å². The Kier molecular flexibility index (Phi) is 6.12. The van der Waals surface area contributed by atoms with Crippen molar-refractivity contribution in [2.45, 2.75) is 25.4 Å². The molecule has 27 heavy (non-hydrogen) atoms. The predicted octanol–water partition coefficient (Wildman–Crippen LogP) is 5.40. The predicted molar refractivity (Wildman–Crippen MR) is 97.7 cm³/mol. The molecule has 1 aromatic carbocycles. The minimum Gasteiger partial charge on any atom is -0.323 e. The smallest absolute Gasteiger partial charge is 0.323 e. The van der Waals surface area contributed by atoms with Crippen molar-refractivity contribution in [2.75, 3.05) is 10.6 Å². The van der Waals surface area contributed by atoms with Crippen molar-refractivity contribution in [2.24, 2.45) is 0 Å². The number of para-hydroxylation sites is 1. The van der Waals surface area contributed by atoms with Gasteiger partial charge in [-0.15, -0.1) is 0 Å². The van der Waals surface area contributed by atoms with Crippen molar-refractivity contribution in [1.82, 2.24) is 20.2 Å². The fourth-order valence-electron chi connectivity index (χ4n) is 2.31. The molecule has 0 atom stereocenters. The van der Waals surface area contributed by atoms with Crippen LogP contribution in [0.3, 0.4) is 0 Å². The van der Waals surface area contributed by atoms with E-state index >= 15 is 0 Å². The van der Waals surface area contributed by atoms with Crippen molar-refractivity contribution in [3.8, 4) is 0 Å². The van der Waals surface area contributed by atoms with Gasteiger partial charge in [0, 0.05) is 23.9 Å². The number of rotatable bonds is 5. The van der Waals surface area contributed by atoms with Crippen LogP contribution in [-0.2, 0) is 0 Å². The zero-order valence-electron chi connectivity index (χ0n) is 14.0. The van der Waals surface area contributed by atoms with Crippen LogP contribution < -0.4 is 10.6 Å². The number of hydrogen-bond donors (Lipinski definition) is 3. The van der Waals surface area contributed by atoms with E-state index in [1.54, 1.807) is 12.3 Å². The molecule has 0 unspecified atom stereocenters. The second-order valence-corrected chi connectivity index (χ2v) is 6.13. The summed E-state index contributed by atoms with van der Waals surface area (Å²) in [7, 11) is 0. The number of nitrogens with zero attached hydrogens (tertiary/aromatic N) is 3. The molecule has 0 saturated heterocycles. The molecule has 3 aromatic rings. The topological polar surface area (TPSA) is 78.5 Å². The molecule has 10 heteroatoms. The van der Waals surface area contributed by atoms with Gasteiger partial charge in [-0.25, -0.2) is 4.98 Å². The molecule has 0 bridgehead atoms. The average Bonchev–Trinajstić information content (AvgIpc) is 3.37. The van der Waals surface area contributed by atoms with Crippen LogP contribution in [0.1, 0.15) is 24.5 Å². The maximum Gasteiger partial charge on any atom is 0.379 e. The van der Waals surface area contributed by atoms with Gasteiger partial charge < -0.3 is 10.6 Å². The van der Waals surface area contributed by atoms with Crippen LogP contribution in [0, 0.1) is 0 Å². The molecule has 6 nitrogen and oxygen atoms in total. The van der Waals surface area contributed by atoms with Gasteiger partial charge in [-0.3, -0.25) is 5.10 Å². The van der Waals surface area contributed by atoms with E-state index < -0.39 is 6.68 Å². The van der Waals surface area contributed by atoms with Crippen LogP contribution >= 0.6 is 11.6 Å². The van der Waals surface area contributed by atoms with Gasteiger partial charge in [0.1, 0.15) is 5.82 Å². The summed E-state index contributed by atoms with van der Waals surface area (Å²) in [5, 5.41) is 14.2. The first-order chi connectivity index (χ1) is 13.0. The lowest BCUT2D eigenvalue weighted by Gasteiger charge is -2.08. The van der Waals surface area contributed by atoms with Crippen LogP contribution in [0.2, 0.25) is 5.02 Å². The standard InChI is InChI=1S/C16H15ClN6.CHF3/c17-11-3-1-2-4-12(11)19-16-18-8-7-14(21-16)20-15-9-13(22-23-15)10-5-6-10;2-1(3)4/h1-4,7-10H,5-6H2,(H3,18,19,20,21,22,23);1H. The van der Waals surface area contributed by atoms with Gasteiger partial charge in [-0.05, 0) is 31.0 Å². The summed E-state index contributed by atoms with van der Waals surface area (Å²) in [4.78, 5) is 8.64. The zero-order chi connectivity index (χ0) is 19.2. The first-order valence-corrected chi connectivity index (χ1v) is 8.48. The highest BCUT2D eigenvalue weighted by atomic mass is 35.5. The molecular weight excluding hydrogens is 381 g/mol. The summed E-state index contributed by atoms with van der Waals surface area (Å²) < 4.78 is 29.0. The Labute approximate surface area is 158 Å². The lowest BCUT2D eigenvalue weighted by Crippen LogP contribution is -2.00. The zero-order valence-corrected chi connectivity index (χ0v) is 14.7. The Hall–Kier alpha value is -2.81. The van der Waals surface area contributed by atoms with Gasteiger partial charge in [-0.1, -0.05) is 23.7 Å². The van der Waals surface area contributed by atoms with Crippen molar-refractivity contribution in [3.63, 3.8) is 0 Å². The molecule has 0 amide bonds. The number of nitrogens with one attached hydrogen (secondary N) is 3. The fourth-order valence-corrected chi connectivity index (χ4v) is 2.49. The van der Waals surface area contributed by atoms with Gasteiger partial charge in [0.05, 0.1) is 10.7 Å². The Morgan fingerprint density at radius 2 is 1.81 bits per heavy atom. The van der Waals surface area contributed by atoms with Gasteiger partial charge in [-0.2, -0.15) is 23.3 Å². The minimum absolute atomic E-state index is 0.473. The molecule has 1 fully saturated rings. The molecule has 2 aromatic heterocycles. The van der Waals surface area contributed by atoms with E-state index in [1.165, 1.54) is 18.5 Å². The molecule has 1 aliphatic rings. The molecule has 142 valence electrons. The van der Waals surface area contributed by atoms with Crippen LogP contribution in [0.4, 0.5) is 36.4 Å². The molecule has 2 heterocycles. The monoisotopic (exact) mass is 396 g/mol. The second kappa shape index (κ2) is 8.72. The summed E-state index contributed by atoms with van der Waals surface area (Å²) >= 11 is 6.13. The number of aromatic amines is 1. The first kappa shape index (κ1) is 19.0. The number of hydrogen-bond acceptors (Lipinski definition) is 5. The van der Waals surface area contributed by atoms with Crippen LogP contribution in [0.25, 0.3) is 0 Å². The van der Waals surface area contributed by atoms with Crippen LogP contribution in [0.15, 0.2) is 42.6 Å². The van der Waals surface area contributed by atoms with E-state index in [1.807, 2.05) is 30.3 Å². The third kappa shape index (κ3) is 5.85. The maximum atomic E-state index is 9.67. The first-order valence-electron chi connectivity index (χ1n) is 8.10. The molecule has 0 spiro atoms. The normalized spacial score (nSPS) is 13.1. The number of halogens is 4. The molecular formula is C17H16ClF3N6. The lowest BCUT2D eigenvalue weighted by molar-refractivity contribution is 0.00819. The van der Waals surface area contributed by atoms with E-state index in [9.17, 15) is 13.2 Å². The van der Waals surface area contributed by atoms with E-state index in [4.69, 9.17) is 11.6 Å². The Morgan fingerprint density at radius 1 is 1.07 bits per heavy atom. The third-order valence-electron chi connectivity index (χ3n) is 3.65. The fraction of sp³-hybridized carbons (Fsp3) is 0.235. The molecule has 0 aliphatic heterocycles. The average molecular weight is 397 g/mol. The highest BCUT2D eigenvalue weighted by molar-refractivity contribution is 6.33. The van der Waals surface area contributed by atoms with E-state index in [-0.39, 0.29) is 0 Å². The van der Waals surface area contributed by atoms with Crippen molar-refractivity contribution in [1.29, 1.82) is 0 Å². The van der Waals surface area contributed by atoms with Crippen LogP contribution in [0.5, 0.6) is 0 Å². The summed E-state index contributed by atoms with van der Waals surface area (Å²) in [5.41, 5.74) is 1.94. The van der Waals surface area contributed by atoms with Crippen molar-refractivity contribution < 1.29 is 13.2 Å². The summed E-state index contributed by atoms with van der Waals surface area (Å²) in [6.07, 6.45) is 4.16. The summed E-state index contributed by atoms with van der Waals surface area (Å²) in [6, 6.07) is 11.3. The van der Waals surface area contributed by atoms with E-state index in [0.717, 1.165) is 11.5 Å². The SMILES string of the molecule is Clc1ccccc1Nc1nccc(Nc2cc(C3CC3)[nH]n2)n1.FC(F)F. The summed E-state index contributed by atoms with van der Waals surface area (Å²) in [5.74, 6) is 2.54. The maximum absolute atomic E-state index is 9.67. The molecule has 1 saturated carbocycles. The highest BCUT2D eigenvalue weighted by Crippen LogP contribution is 2.39. The number of anilines is 4. The molecule has 4 rings (SSSR count). The van der Waals surface area contributed by atoms with Crippen LogP contribution in [-0.4, -0.2) is 26.8 Å². The minimum atomic E-state index is -3.67. The van der Waals surface area contributed by atoms with Crippen molar-refractivity contribution in [3.05, 3.63) is 53.3 Å². The Morgan fingerprint density at radius 3 is 2.52 bits per heavy atom. The van der Waals surface area contributed by atoms with Gasteiger partial charge in [0.15, 0.2) is 5.82 Å². The van der Waals surface area contributed by atoms with Gasteiger partial charge in [0.25, 0.3) is 0 Å². The highest BCUT2D eigenvalue weighted by Gasteiger charge is 2.25. The van der Waals surface area contributed by atoms with Crippen molar-refractivity contribution >= 4 is 34.9 Å². The summed E-state index contributed by atoms with van der Waals surface area (Å²) in [6.45, 7) is -3.67. The Balaban J connectivity index is 0.000000481. The lowest BCUT2D eigenvalue weighted by atomic mass is 10.3. The number of alkyl halides is 3. The molecule has 0 radical (unpaired) electrons. The second-order valence-electron chi connectivity index (χ2n) is 5.73. The quantitative estimate of drug-likeness (QED) is 0.538.